The zero-order chi connectivity index (χ0) is 10.4. The minimum Gasteiger partial charge on any atom is -0.374 e. The molecule has 0 amide bonds. The van der Waals surface area contributed by atoms with Gasteiger partial charge in [-0.1, -0.05) is 18.5 Å². The molecule has 0 fully saturated rings. The van der Waals surface area contributed by atoms with Crippen molar-refractivity contribution in [3.8, 4) is 0 Å². The Labute approximate surface area is 83.6 Å². The van der Waals surface area contributed by atoms with E-state index < -0.39 is 0 Å². The van der Waals surface area contributed by atoms with E-state index in [0.717, 1.165) is 12.8 Å². The van der Waals surface area contributed by atoms with Gasteiger partial charge in [0.25, 0.3) is 0 Å². The Morgan fingerprint density at radius 3 is 2.93 bits per heavy atom. The van der Waals surface area contributed by atoms with E-state index >= 15 is 0 Å². The van der Waals surface area contributed by atoms with Crippen LogP contribution >= 0.6 is 0 Å². The molecule has 0 unspecified atom stereocenters. The van der Waals surface area contributed by atoms with E-state index in [-0.39, 0.29) is 6.04 Å². The van der Waals surface area contributed by atoms with E-state index in [1.54, 1.807) is 0 Å². The van der Waals surface area contributed by atoms with E-state index in [1.165, 1.54) is 0 Å². The number of rotatable bonds is 6. The fourth-order valence-electron chi connectivity index (χ4n) is 1.10. The summed E-state index contributed by atoms with van der Waals surface area (Å²) in [6, 6.07) is -0.150. The summed E-state index contributed by atoms with van der Waals surface area (Å²) in [5.74, 6) is 1.06. The number of aromatic nitrogens is 2. The molecule has 2 N–H and O–H groups in total. The second-order valence-corrected chi connectivity index (χ2v) is 3.08. The second kappa shape index (κ2) is 5.72. The molecule has 1 atom stereocenters. The Balaban J connectivity index is 2.49. The van der Waals surface area contributed by atoms with Gasteiger partial charge in [-0.25, -0.2) is 0 Å². The van der Waals surface area contributed by atoms with Crippen LogP contribution < -0.4 is 5.73 Å². The van der Waals surface area contributed by atoms with Gasteiger partial charge in [0.2, 0.25) is 5.89 Å². The Hall–Kier alpha value is -0.940. The maximum atomic E-state index is 5.81. The first-order chi connectivity index (χ1) is 6.77. The highest BCUT2D eigenvalue weighted by molar-refractivity contribution is 4.90. The van der Waals surface area contributed by atoms with Gasteiger partial charge in [-0.15, -0.1) is 0 Å². The van der Waals surface area contributed by atoms with Gasteiger partial charge in [-0.3, -0.25) is 0 Å². The zero-order valence-electron chi connectivity index (χ0n) is 8.69. The lowest BCUT2D eigenvalue weighted by Gasteiger charge is -2.02. The summed E-state index contributed by atoms with van der Waals surface area (Å²) in [5, 5.41) is 3.77. The average Bonchev–Trinajstić information content (AvgIpc) is 2.63. The van der Waals surface area contributed by atoms with Gasteiger partial charge < -0.3 is 15.0 Å². The van der Waals surface area contributed by atoms with Crippen LogP contribution in [-0.4, -0.2) is 16.7 Å². The summed E-state index contributed by atoms with van der Waals surface area (Å²) in [7, 11) is 0. The summed E-state index contributed by atoms with van der Waals surface area (Å²) in [5.41, 5.74) is 5.81. The molecule has 0 spiro atoms. The quantitative estimate of drug-likeness (QED) is 0.749. The molecular formula is C9H17N3O2. The molecule has 0 aliphatic rings. The standard InChI is InChI=1S/C9H17N3O2/c1-3-5-7(10)9-11-8(12-14-9)6-13-4-2/h7H,3-6,10H2,1-2H3/t7-/m0/s1. The first-order valence-corrected chi connectivity index (χ1v) is 4.93. The Morgan fingerprint density at radius 2 is 2.29 bits per heavy atom. The molecular weight excluding hydrogens is 182 g/mol. The third-order valence-electron chi connectivity index (χ3n) is 1.84. The van der Waals surface area contributed by atoms with Crippen LogP contribution in [0.25, 0.3) is 0 Å². The van der Waals surface area contributed by atoms with Crippen molar-refractivity contribution in [2.45, 2.75) is 39.3 Å². The molecule has 14 heavy (non-hydrogen) atoms. The highest BCUT2D eigenvalue weighted by Gasteiger charge is 2.13. The van der Waals surface area contributed by atoms with Gasteiger partial charge in [0.15, 0.2) is 5.82 Å². The normalized spacial score (nSPS) is 13.1. The first kappa shape index (κ1) is 11.1. The molecule has 0 saturated heterocycles. The molecule has 80 valence electrons. The molecule has 1 rings (SSSR count). The van der Waals surface area contributed by atoms with Gasteiger partial charge in [0.05, 0.1) is 6.04 Å². The largest absolute Gasteiger partial charge is 0.374 e. The van der Waals surface area contributed by atoms with Crippen LogP contribution in [0, 0.1) is 0 Å². The summed E-state index contributed by atoms with van der Waals surface area (Å²) < 4.78 is 10.2. The topological polar surface area (TPSA) is 74.2 Å². The highest BCUT2D eigenvalue weighted by atomic mass is 16.5. The predicted octanol–water partition coefficient (Wildman–Crippen LogP) is 1.41. The minimum absolute atomic E-state index is 0.150. The molecule has 5 heteroatoms. The van der Waals surface area contributed by atoms with Crippen LogP contribution in [0.3, 0.4) is 0 Å². The van der Waals surface area contributed by atoms with Gasteiger partial charge in [0.1, 0.15) is 6.61 Å². The molecule has 0 aromatic carbocycles. The maximum Gasteiger partial charge on any atom is 0.243 e. The molecule has 5 nitrogen and oxygen atoms in total. The Kier molecular flexibility index (Phi) is 4.55. The number of nitrogens with two attached hydrogens (primary N) is 1. The van der Waals surface area contributed by atoms with Crippen LogP contribution in [0.5, 0.6) is 0 Å². The third-order valence-corrected chi connectivity index (χ3v) is 1.84. The summed E-state index contributed by atoms with van der Waals surface area (Å²) >= 11 is 0. The van der Waals surface area contributed by atoms with E-state index in [0.29, 0.717) is 24.9 Å². The highest BCUT2D eigenvalue weighted by Crippen LogP contribution is 2.13. The fourth-order valence-corrected chi connectivity index (χ4v) is 1.10. The number of hydrogen-bond acceptors (Lipinski definition) is 5. The van der Waals surface area contributed by atoms with Gasteiger partial charge in [-0.05, 0) is 13.3 Å². The Bertz CT molecular complexity index is 262. The van der Waals surface area contributed by atoms with Crippen molar-refractivity contribution in [1.29, 1.82) is 0 Å². The molecule has 1 heterocycles. The molecule has 0 bridgehead atoms. The van der Waals surface area contributed by atoms with Crippen LogP contribution in [-0.2, 0) is 11.3 Å². The van der Waals surface area contributed by atoms with Crippen molar-refractivity contribution < 1.29 is 9.26 Å². The van der Waals surface area contributed by atoms with Crippen molar-refractivity contribution >= 4 is 0 Å². The van der Waals surface area contributed by atoms with Crippen molar-refractivity contribution in [2.24, 2.45) is 5.73 Å². The molecule has 1 aromatic heterocycles. The number of nitrogens with zero attached hydrogens (tertiary/aromatic N) is 2. The predicted molar refractivity (Wildman–Crippen MR) is 51.5 cm³/mol. The summed E-state index contributed by atoms with van der Waals surface area (Å²) in [6.45, 7) is 5.02. The van der Waals surface area contributed by atoms with Crippen LogP contribution in [0.1, 0.15) is 44.4 Å². The molecule has 0 aliphatic carbocycles. The van der Waals surface area contributed by atoms with Crippen LogP contribution in [0.15, 0.2) is 4.52 Å². The molecule has 0 saturated carbocycles. The van der Waals surface area contributed by atoms with Gasteiger partial charge >= 0.3 is 0 Å². The lowest BCUT2D eigenvalue weighted by Crippen LogP contribution is -2.10. The fraction of sp³-hybridized carbons (Fsp3) is 0.778. The lowest BCUT2D eigenvalue weighted by molar-refractivity contribution is 0.126. The lowest BCUT2D eigenvalue weighted by atomic mass is 10.2. The summed E-state index contributed by atoms with van der Waals surface area (Å²) in [6.07, 6.45) is 1.86. The Morgan fingerprint density at radius 1 is 1.50 bits per heavy atom. The number of ether oxygens (including phenoxy) is 1. The van der Waals surface area contributed by atoms with E-state index in [4.69, 9.17) is 15.0 Å². The first-order valence-electron chi connectivity index (χ1n) is 4.93. The minimum atomic E-state index is -0.150. The maximum absolute atomic E-state index is 5.81. The summed E-state index contributed by atoms with van der Waals surface area (Å²) in [4.78, 5) is 4.14. The monoisotopic (exact) mass is 199 g/mol. The average molecular weight is 199 g/mol. The van der Waals surface area contributed by atoms with Gasteiger partial charge in [-0.2, -0.15) is 4.98 Å². The number of hydrogen-bond donors (Lipinski definition) is 1. The van der Waals surface area contributed by atoms with E-state index in [9.17, 15) is 0 Å². The molecule has 1 aromatic rings. The SMILES string of the molecule is CCC[C@H](N)c1nc(COCC)no1. The molecule has 0 aliphatic heterocycles. The molecule has 0 radical (unpaired) electrons. The van der Waals surface area contributed by atoms with Crippen molar-refractivity contribution in [2.75, 3.05) is 6.61 Å². The third kappa shape index (κ3) is 3.08. The zero-order valence-corrected chi connectivity index (χ0v) is 8.69. The van der Waals surface area contributed by atoms with Gasteiger partial charge in [0, 0.05) is 6.61 Å². The van der Waals surface area contributed by atoms with Crippen LogP contribution in [0.2, 0.25) is 0 Å². The van der Waals surface area contributed by atoms with E-state index in [1.807, 2.05) is 6.92 Å². The van der Waals surface area contributed by atoms with Crippen molar-refractivity contribution in [3.05, 3.63) is 11.7 Å². The van der Waals surface area contributed by atoms with E-state index in [2.05, 4.69) is 17.1 Å². The van der Waals surface area contributed by atoms with Crippen molar-refractivity contribution in [1.82, 2.24) is 10.1 Å². The second-order valence-electron chi connectivity index (χ2n) is 3.08. The van der Waals surface area contributed by atoms with Crippen LogP contribution in [0.4, 0.5) is 0 Å². The van der Waals surface area contributed by atoms with Crippen molar-refractivity contribution in [3.63, 3.8) is 0 Å². The smallest absolute Gasteiger partial charge is 0.243 e.